The molecule has 0 aliphatic rings. The van der Waals surface area contributed by atoms with Gasteiger partial charge in [-0.15, -0.1) is 0 Å². The van der Waals surface area contributed by atoms with Gasteiger partial charge in [0.1, 0.15) is 0 Å². The Bertz CT molecular complexity index is 934. The molecule has 0 fully saturated rings. The number of methoxy groups -OCH3 is 1. The van der Waals surface area contributed by atoms with Crippen LogP contribution in [0, 0.1) is 11.8 Å². The van der Waals surface area contributed by atoms with Crippen LogP contribution in [0.1, 0.15) is 31.4 Å². The number of rotatable bonds is 7. The van der Waals surface area contributed by atoms with Crippen LogP contribution >= 0.6 is 0 Å². The Morgan fingerprint density at radius 2 is 1.82 bits per heavy atom. The van der Waals surface area contributed by atoms with E-state index in [9.17, 15) is 0 Å². The molecular weight excluding hydrogens is 348 g/mol. The van der Waals surface area contributed by atoms with Crippen molar-refractivity contribution < 1.29 is 9.84 Å². The third-order valence-corrected chi connectivity index (χ3v) is 4.69. The first-order chi connectivity index (χ1) is 13.8. The van der Waals surface area contributed by atoms with Gasteiger partial charge < -0.3 is 14.4 Å². The smallest absolute Gasteiger partial charge is 0.0963 e. The number of aromatic nitrogens is 2. The molecule has 0 radical (unpaired) electrons. The maximum atomic E-state index is 8.88. The summed E-state index contributed by atoms with van der Waals surface area (Å²) in [6.07, 6.45) is 3.36. The van der Waals surface area contributed by atoms with Crippen molar-refractivity contribution in [3.05, 3.63) is 66.5 Å². The number of benzene rings is 2. The first kappa shape index (κ1) is 19.9. The lowest BCUT2D eigenvalue weighted by Crippen LogP contribution is -2.14. The second-order valence-corrected chi connectivity index (χ2v) is 6.59. The van der Waals surface area contributed by atoms with Gasteiger partial charge in [-0.1, -0.05) is 61.2 Å². The van der Waals surface area contributed by atoms with Crippen LogP contribution < -0.4 is 0 Å². The lowest BCUT2D eigenvalue weighted by molar-refractivity contribution is 0.154. The van der Waals surface area contributed by atoms with Gasteiger partial charge in [-0.05, 0) is 18.6 Å². The average Bonchev–Trinajstić information content (AvgIpc) is 3.18. The summed E-state index contributed by atoms with van der Waals surface area (Å²) in [7, 11) is 1.73. The second kappa shape index (κ2) is 9.89. The van der Waals surface area contributed by atoms with Crippen molar-refractivity contribution in [2.24, 2.45) is 0 Å². The molecule has 0 unspecified atom stereocenters. The lowest BCUT2D eigenvalue weighted by Gasteiger charge is -2.19. The molecule has 3 aromatic rings. The van der Waals surface area contributed by atoms with E-state index >= 15 is 0 Å². The summed E-state index contributed by atoms with van der Waals surface area (Å²) < 4.78 is 7.66. The van der Waals surface area contributed by atoms with Crippen molar-refractivity contribution in [3.8, 4) is 34.4 Å². The van der Waals surface area contributed by atoms with E-state index in [1.807, 2.05) is 36.7 Å². The normalized spacial score (nSPS) is 11.7. The molecule has 0 bridgehead atoms. The van der Waals surface area contributed by atoms with Gasteiger partial charge in [0.25, 0.3) is 0 Å². The number of hydrogen-bond acceptors (Lipinski definition) is 3. The SMILES string of the molecule is CC[C@H](COC)n1cnc(-c2ccccc2)c1-c1ccc(C#CCCO)cc1. The minimum absolute atomic E-state index is 0.0859. The van der Waals surface area contributed by atoms with E-state index in [1.54, 1.807) is 7.11 Å². The van der Waals surface area contributed by atoms with Gasteiger partial charge in [0.2, 0.25) is 0 Å². The number of aliphatic hydroxyl groups is 1. The van der Waals surface area contributed by atoms with Crippen molar-refractivity contribution in [2.45, 2.75) is 25.8 Å². The van der Waals surface area contributed by atoms with Crippen LogP contribution in [0.25, 0.3) is 22.5 Å². The summed E-state index contributed by atoms with van der Waals surface area (Å²) in [6, 6.07) is 18.7. The Labute approximate surface area is 166 Å². The summed E-state index contributed by atoms with van der Waals surface area (Å²) in [5.41, 5.74) is 5.18. The zero-order chi connectivity index (χ0) is 19.8. The molecule has 0 aliphatic heterocycles. The molecule has 1 aromatic heterocycles. The zero-order valence-electron chi connectivity index (χ0n) is 16.4. The van der Waals surface area contributed by atoms with Crippen molar-refractivity contribution in [2.75, 3.05) is 20.3 Å². The molecule has 2 aromatic carbocycles. The van der Waals surface area contributed by atoms with E-state index in [0.717, 1.165) is 34.5 Å². The van der Waals surface area contributed by atoms with E-state index in [-0.39, 0.29) is 12.6 Å². The largest absolute Gasteiger partial charge is 0.395 e. The Hall–Kier alpha value is -2.87. The lowest BCUT2D eigenvalue weighted by atomic mass is 10.0. The molecule has 0 saturated carbocycles. The molecule has 144 valence electrons. The van der Waals surface area contributed by atoms with Crippen LogP contribution in [-0.4, -0.2) is 35.0 Å². The summed E-state index contributed by atoms with van der Waals surface area (Å²) in [6.45, 7) is 2.89. The molecule has 0 amide bonds. The standard InChI is InChI=1S/C24H26N2O2/c1-3-22(17-28-2)26-18-25-23(20-10-5-4-6-11-20)24(26)21-14-12-19(13-15-21)9-7-8-16-27/h4-6,10-15,18,22,27H,3,8,16-17H2,1-2H3/t22-/m1/s1. The van der Waals surface area contributed by atoms with Crippen molar-refractivity contribution in [3.63, 3.8) is 0 Å². The van der Waals surface area contributed by atoms with Crippen LogP contribution in [0.3, 0.4) is 0 Å². The quantitative estimate of drug-likeness (QED) is 0.617. The van der Waals surface area contributed by atoms with E-state index in [1.165, 1.54) is 0 Å². The molecule has 3 rings (SSSR count). The second-order valence-electron chi connectivity index (χ2n) is 6.59. The molecule has 1 heterocycles. The van der Waals surface area contributed by atoms with E-state index in [4.69, 9.17) is 14.8 Å². The fourth-order valence-electron chi connectivity index (χ4n) is 3.25. The Morgan fingerprint density at radius 3 is 2.46 bits per heavy atom. The summed E-state index contributed by atoms with van der Waals surface area (Å²) in [4.78, 5) is 4.75. The predicted molar refractivity (Wildman–Crippen MR) is 113 cm³/mol. The van der Waals surface area contributed by atoms with Crippen molar-refractivity contribution >= 4 is 0 Å². The summed E-state index contributed by atoms with van der Waals surface area (Å²) >= 11 is 0. The van der Waals surface area contributed by atoms with Gasteiger partial charge in [0.05, 0.1) is 37.0 Å². The third-order valence-electron chi connectivity index (χ3n) is 4.69. The highest BCUT2D eigenvalue weighted by Crippen LogP contribution is 2.34. The maximum Gasteiger partial charge on any atom is 0.0963 e. The topological polar surface area (TPSA) is 47.3 Å². The van der Waals surface area contributed by atoms with Crippen LogP contribution in [0.15, 0.2) is 60.9 Å². The highest BCUT2D eigenvalue weighted by Gasteiger charge is 2.19. The highest BCUT2D eigenvalue weighted by atomic mass is 16.5. The third kappa shape index (κ3) is 4.51. The molecule has 4 nitrogen and oxygen atoms in total. The van der Waals surface area contributed by atoms with E-state index in [2.05, 4.69) is 47.6 Å². The molecular formula is C24H26N2O2. The van der Waals surface area contributed by atoms with Crippen LogP contribution in [0.4, 0.5) is 0 Å². The minimum atomic E-state index is 0.0859. The molecule has 1 atom stereocenters. The maximum absolute atomic E-state index is 8.88. The van der Waals surface area contributed by atoms with Gasteiger partial charge in [-0.2, -0.15) is 0 Å². The zero-order valence-corrected chi connectivity index (χ0v) is 16.4. The van der Waals surface area contributed by atoms with Gasteiger partial charge in [-0.25, -0.2) is 4.98 Å². The predicted octanol–water partition coefficient (Wildman–Crippen LogP) is 4.55. The number of hydrogen-bond donors (Lipinski definition) is 1. The number of imidazole rings is 1. The fourth-order valence-corrected chi connectivity index (χ4v) is 3.25. The van der Waals surface area contributed by atoms with Gasteiger partial charge in [-0.3, -0.25) is 0 Å². The van der Waals surface area contributed by atoms with Gasteiger partial charge >= 0.3 is 0 Å². The van der Waals surface area contributed by atoms with Crippen molar-refractivity contribution in [1.29, 1.82) is 0 Å². The molecule has 28 heavy (non-hydrogen) atoms. The fraction of sp³-hybridized carbons (Fsp3) is 0.292. The Morgan fingerprint density at radius 1 is 1.07 bits per heavy atom. The molecule has 4 heteroatoms. The number of aliphatic hydroxyl groups excluding tert-OH is 1. The molecule has 0 aliphatic carbocycles. The first-order valence-corrected chi connectivity index (χ1v) is 9.59. The van der Waals surface area contributed by atoms with E-state index < -0.39 is 0 Å². The van der Waals surface area contributed by atoms with Crippen LogP contribution in [0.2, 0.25) is 0 Å². The van der Waals surface area contributed by atoms with E-state index in [0.29, 0.717) is 13.0 Å². The molecule has 0 saturated heterocycles. The van der Waals surface area contributed by atoms with Crippen LogP contribution in [-0.2, 0) is 4.74 Å². The number of ether oxygens (including phenoxy) is 1. The highest BCUT2D eigenvalue weighted by molar-refractivity contribution is 5.79. The van der Waals surface area contributed by atoms with Crippen LogP contribution in [0.5, 0.6) is 0 Å². The summed E-state index contributed by atoms with van der Waals surface area (Å²) in [5.74, 6) is 6.05. The van der Waals surface area contributed by atoms with Crippen molar-refractivity contribution in [1.82, 2.24) is 9.55 Å². The molecule has 0 spiro atoms. The Kier molecular flexibility index (Phi) is 7.02. The monoisotopic (exact) mass is 374 g/mol. The minimum Gasteiger partial charge on any atom is -0.395 e. The summed E-state index contributed by atoms with van der Waals surface area (Å²) in [5, 5.41) is 8.88. The van der Waals surface area contributed by atoms with Gasteiger partial charge in [0.15, 0.2) is 0 Å². The molecule has 1 N–H and O–H groups in total. The van der Waals surface area contributed by atoms with Gasteiger partial charge in [0, 0.05) is 30.2 Å². The first-order valence-electron chi connectivity index (χ1n) is 9.59. The Balaban J connectivity index is 2.06. The number of nitrogens with zero attached hydrogens (tertiary/aromatic N) is 2. The average molecular weight is 374 g/mol.